The van der Waals surface area contributed by atoms with Crippen molar-refractivity contribution in [1.29, 1.82) is 0 Å². The zero-order valence-corrected chi connectivity index (χ0v) is 8.05. The second-order valence-electron chi connectivity index (χ2n) is 2.39. The first kappa shape index (κ1) is 9.06. The lowest BCUT2D eigenvalue weighted by atomic mass is 10.2. The third-order valence-corrected chi connectivity index (χ3v) is 2.28. The summed E-state index contributed by atoms with van der Waals surface area (Å²) in [6.45, 7) is 1.94. The summed E-state index contributed by atoms with van der Waals surface area (Å²) in [5.41, 5.74) is 1.64. The molecule has 0 spiro atoms. The minimum Gasteiger partial charge on any atom is -0.465 e. The van der Waals surface area contributed by atoms with Crippen molar-refractivity contribution in [3.63, 3.8) is 0 Å². The van der Waals surface area contributed by atoms with Crippen molar-refractivity contribution in [1.82, 2.24) is 0 Å². The van der Waals surface area contributed by atoms with Crippen molar-refractivity contribution in [3.8, 4) is 0 Å². The van der Waals surface area contributed by atoms with Gasteiger partial charge in [0.1, 0.15) is 0 Å². The number of halogens is 1. The Labute approximate surface area is 78.5 Å². The molecule has 1 aromatic rings. The van der Waals surface area contributed by atoms with Crippen molar-refractivity contribution in [2.75, 3.05) is 5.32 Å². The summed E-state index contributed by atoms with van der Waals surface area (Å²) in [5, 5.41) is 10.7. The highest BCUT2D eigenvalue weighted by molar-refractivity contribution is 9.10. The molecule has 0 aliphatic rings. The Morgan fingerprint density at radius 1 is 1.58 bits per heavy atom. The molecule has 1 aromatic carbocycles. The van der Waals surface area contributed by atoms with Gasteiger partial charge in [0.15, 0.2) is 0 Å². The molecular formula is C8H8BrNO2. The van der Waals surface area contributed by atoms with Crippen molar-refractivity contribution >= 4 is 27.7 Å². The van der Waals surface area contributed by atoms with Gasteiger partial charge in [0.05, 0.1) is 0 Å². The average Bonchev–Trinajstić information content (AvgIpc) is 1.96. The molecule has 0 atom stereocenters. The molecule has 0 aliphatic carbocycles. The van der Waals surface area contributed by atoms with Gasteiger partial charge in [-0.2, -0.15) is 0 Å². The van der Waals surface area contributed by atoms with Crippen LogP contribution in [0.15, 0.2) is 22.7 Å². The van der Waals surface area contributed by atoms with E-state index in [-0.39, 0.29) is 0 Å². The van der Waals surface area contributed by atoms with E-state index in [9.17, 15) is 4.79 Å². The van der Waals surface area contributed by atoms with Crippen LogP contribution in [0, 0.1) is 6.92 Å². The van der Waals surface area contributed by atoms with Gasteiger partial charge >= 0.3 is 6.09 Å². The normalized spacial score (nSPS) is 9.50. The Morgan fingerprint density at radius 2 is 2.25 bits per heavy atom. The maximum absolute atomic E-state index is 10.2. The highest BCUT2D eigenvalue weighted by atomic mass is 79.9. The molecule has 3 nitrogen and oxygen atoms in total. The van der Waals surface area contributed by atoms with E-state index in [0.29, 0.717) is 5.69 Å². The summed E-state index contributed by atoms with van der Waals surface area (Å²) in [7, 11) is 0. The molecule has 0 unspecified atom stereocenters. The van der Waals surface area contributed by atoms with Gasteiger partial charge in [-0.05, 0) is 24.6 Å². The lowest BCUT2D eigenvalue weighted by Gasteiger charge is -2.02. The lowest BCUT2D eigenvalue weighted by Crippen LogP contribution is -2.06. The summed E-state index contributed by atoms with van der Waals surface area (Å²) >= 11 is 3.30. The molecule has 0 bridgehead atoms. The topological polar surface area (TPSA) is 49.3 Å². The van der Waals surface area contributed by atoms with Crippen LogP contribution in [0.1, 0.15) is 5.56 Å². The van der Waals surface area contributed by atoms with Crippen molar-refractivity contribution in [2.45, 2.75) is 6.92 Å². The maximum Gasteiger partial charge on any atom is 0.409 e. The number of amides is 1. The smallest absolute Gasteiger partial charge is 0.409 e. The summed E-state index contributed by atoms with van der Waals surface area (Å²) in [6.07, 6.45) is -1.05. The summed E-state index contributed by atoms with van der Waals surface area (Å²) in [5.74, 6) is 0. The summed E-state index contributed by atoms with van der Waals surface area (Å²) in [4.78, 5) is 10.2. The monoisotopic (exact) mass is 229 g/mol. The van der Waals surface area contributed by atoms with Crippen LogP contribution in [-0.4, -0.2) is 11.2 Å². The van der Waals surface area contributed by atoms with Crippen LogP contribution in [0.2, 0.25) is 0 Å². The van der Waals surface area contributed by atoms with Crippen LogP contribution >= 0.6 is 15.9 Å². The predicted molar refractivity (Wildman–Crippen MR) is 50.5 cm³/mol. The van der Waals surface area contributed by atoms with Gasteiger partial charge in [-0.3, -0.25) is 5.32 Å². The second-order valence-corrected chi connectivity index (χ2v) is 3.25. The first-order valence-corrected chi connectivity index (χ1v) is 4.15. The zero-order chi connectivity index (χ0) is 9.14. The highest BCUT2D eigenvalue weighted by Gasteiger charge is 1.99. The second kappa shape index (κ2) is 3.58. The van der Waals surface area contributed by atoms with Gasteiger partial charge in [-0.25, -0.2) is 4.79 Å². The van der Waals surface area contributed by atoms with Crippen molar-refractivity contribution in [3.05, 3.63) is 28.2 Å². The van der Waals surface area contributed by atoms with E-state index in [4.69, 9.17) is 5.11 Å². The van der Waals surface area contributed by atoms with Gasteiger partial charge in [0.2, 0.25) is 0 Å². The Hall–Kier alpha value is -1.03. The SMILES string of the molecule is Cc1ccc(NC(=O)O)cc1Br. The number of anilines is 1. The zero-order valence-electron chi connectivity index (χ0n) is 6.47. The van der Waals surface area contributed by atoms with Gasteiger partial charge in [-0.1, -0.05) is 22.0 Å². The fraction of sp³-hybridized carbons (Fsp3) is 0.125. The summed E-state index contributed by atoms with van der Waals surface area (Å²) < 4.78 is 0.897. The van der Waals surface area contributed by atoms with Gasteiger partial charge in [0, 0.05) is 10.2 Å². The number of carboxylic acid groups (broad SMARTS) is 1. The standard InChI is InChI=1S/C8H8BrNO2/c1-5-2-3-6(4-7(5)9)10-8(11)12/h2-4,10H,1H3,(H,11,12). The molecule has 4 heteroatoms. The van der Waals surface area contributed by atoms with E-state index in [1.54, 1.807) is 12.1 Å². The molecule has 12 heavy (non-hydrogen) atoms. The van der Waals surface area contributed by atoms with E-state index < -0.39 is 6.09 Å². The average molecular weight is 230 g/mol. The van der Waals surface area contributed by atoms with Crippen LogP contribution in [0.25, 0.3) is 0 Å². The first-order chi connectivity index (χ1) is 5.59. The van der Waals surface area contributed by atoms with Crippen molar-refractivity contribution < 1.29 is 9.90 Å². The Morgan fingerprint density at radius 3 is 2.75 bits per heavy atom. The number of hydrogen-bond donors (Lipinski definition) is 2. The molecule has 0 saturated carbocycles. The quantitative estimate of drug-likeness (QED) is 0.779. The van der Waals surface area contributed by atoms with Crippen LogP contribution < -0.4 is 5.32 Å². The Kier molecular flexibility index (Phi) is 2.70. The van der Waals surface area contributed by atoms with Crippen LogP contribution in [-0.2, 0) is 0 Å². The molecular weight excluding hydrogens is 222 g/mol. The number of nitrogens with one attached hydrogen (secondary N) is 1. The Balaban J connectivity index is 2.89. The first-order valence-electron chi connectivity index (χ1n) is 3.35. The number of carbonyl (C=O) groups is 1. The lowest BCUT2D eigenvalue weighted by molar-refractivity contribution is 0.210. The van der Waals surface area contributed by atoms with E-state index >= 15 is 0 Å². The number of aryl methyl sites for hydroxylation is 1. The van der Waals surface area contributed by atoms with Crippen molar-refractivity contribution in [2.24, 2.45) is 0 Å². The molecule has 0 saturated heterocycles. The van der Waals surface area contributed by atoms with E-state index in [1.807, 2.05) is 13.0 Å². The molecule has 0 heterocycles. The number of rotatable bonds is 1. The number of hydrogen-bond acceptors (Lipinski definition) is 1. The van der Waals surface area contributed by atoms with Gasteiger partial charge in [-0.15, -0.1) is 0 Å². The number of benzene rings is 1. The fourth-order valence-corrected chi connectivity index (χ4v) is 1.17. The molecule has 0 aromatic heterocycles. The molecule has 0 fully saturated rings. The summed E-state index contributed by atoms with van der Waals surface area (Å²) in [6, 6.07) is 5.28. The largest absolute Gasteiger partial charge is 0.465 e. The Bertz CT molecular complexity index is 312. The highest BCUT2D eigenvalue weighted by Crippen LogP contribution is 2.20. The molecule has 0 aliphatic heterocycles. The molecule has 2 N–H and O–H groups in total. The third kappa shape index (κ3) is 2.23. The van der Waals surface area contributed by atoms with E-state index in [1.165, 1.54) is 0 Å². The minimum atomic E-state index is -1.05. The predicted octanol–water partition coefficient (Wildman–Crippen LogP) is 2.85. The van der Waals surface area contributed by atoms with E-state index in [0.717, 1.165) is 10.0 Å². The fourth-order valence-electron chi connectivity index (χ4n) is 0.794. The molecule has 1 amide bonds. The molecule has 1 rings (SSSR count). The van der Waals surface area contributed by atoms with Gasteiger partial charge in [0.25, 0.3) is 0 Å². The van der Waals surface area contributed by atoms with Crippen LogP contribution in [0.5, 0.6) is 0 Å². The van der Waals surface area contributed by atoms with E-state index in [2.05, 4.69) is 21.2 Å². The minimum absolute atomic E-state index is 0.569. The molecule has 64 valence electrons. The van der Waals surface area contributed by atoms with Crippen LogP contribution in [0.3, 0.4) is 0 Å². The third-order valence-electron chi connectivity index (χ3n) is 1.42. The van der Waals surface area contributed by atoms with Gasteiger partial charge < -0.3 is 5.11 Å². The molecule has 0 radical (unpaired) electrons. The van der Waals surface area contributed by atoms with Crippen LogP contribution in [0.4, 0.5) is 10.5 Å². The maximum atomic E-state index is 10.2.